The third kappa shape index (κ3) is 2.34. The molecule has 5 nitrogen and oxygen atoms in total. The van der Waals surface area contributed by atoms with E-state index in [0.717, 1.165) is 5.69 Å². The molecule has 0 fully saturated rings. The first-order valence-corrected chi connectivity index (χ1v) is 6.65. The topological polar surface area (TPSA) is 84.0 Å². The Morgan fingerprint density at radius 3 is 3.00 bits per heavy atom. The molecular weight excluding hydrogens is 262 g/mol. The van der Waals surface area contributed by atoms with Gasteiger partial charge in [0.25, 0.3) is 0 Å². The highest BCUT2D eigenvalue weighted by Crippen LogP contribution is 2.25. The fourth-order valence-corrected chi connectivity index (χ4v) is 2.76. The average molecular weight is 275 g/mol. The maximum Gasteiger partial charge on any atom is 0.417 e. The van der Waals surface area contributed by atoms with Crippen LogP contribution in [0.25, 0.3) is 11.1 Å². The first kappa shape index (κ1) is 11.9. The van der Waals surface area contributed by atoms with Crippen molar-refractivity contribution in [3.8, 4) is 0 Å². The molecule has 0 atom stereocenters. The summed E-state index contributed by atoms with van der Waals surface area (Å²) in [5, 5.41) is 3.27. The zero-order valence-electron chi connectivity index (χ0n) is 10.3. The van der Waals surface area contributed by atoms with Gasteiger partial charge in [-0.15, -0.1) is 11.3 Å². The number of oxazole rings is 1. The summed E-state index contributed by atoms with van der Waals surface area (Å²) in [6.07, 6.45) is 0. The molecule has 1 aromatic carbocycles. The SMILES string of the molecule is Cc1ccc(CNc2cc3[nH]c(=O)oc3cc2N)s1. The highest BCUT2D eigenvalue weighted by molar-refractivity contribution is 7.11. The van der Waals surface area contributed by atoms with Gasteiger partial charge in [0, 0.05) is 22.4 Å². The Hall–Kier alpha value is -2.21. The van der Waals surface area contributed by atoms with Crippen LogP contribution in [0.1, 0.15) is 9.75 Å². The van der Waals surface area contributed by atoms with Crippen molar-refractivity contribution < 1.29 is 4.42 Å². The Bertz CT molecular complexity index is 785. The standard InChI is InChI=1S/C13H13N3O2S/c1-7-2-3-8(19-7)6-15-10-5-11-12(4-9(10)14)18-13(17)16-11/h2-5,15H,6,14H2,1H3,(H,16,17). The molecule has 0 aliphatic heterocycles. The average Bonchev–Trinajstić information content (AvgIpc) is 2.91. The molecule has 0 unspecified atom stereocenters. The first-order chi connectivity index (χ1) is 9.11. The van der Waals surface area contributed by atoms with Crippen LogP contribution >= 0.6 is 11.3 Å². The zero-order valence-corrected chi connectivity index (χ0v) is 11.1. The summed E-state index contributed by atoms with van der Waals surface area (Å²) >= 11 is 1.74. The monoisotopic (exact) mass is 275 g/mol. The van der Waals surface area contributed by atoms with Crippen LogP contribution in [0, 0.1) is 6.92 Å². The minimum Gasteiger partial charge on any atom is -0.408 e. The predicted molar refractivity (Wildman–Crippen MR) is 77.6 cm³/mol. The van der Waals surface area contributed by atoms with Crippen molar-refractivity contribution in [1.29, 1.82) is 0 Å². The number of thiophene rings is 1. The normalized spacial score (nSPS) is 11.0. The Morgan fingerprint density at radius 1 is 1.42 bits per heavy atom. The quantitative estimate of drug-likeness (QED) is 0.642. The number of aryl methyl sites for hydroxylation is 1. The van der Waals surface area contributed by atoms with Gasteiger partial charge < -0.3 is 15.5 Å². The fraction of sp³-hybridized carbons (Fsp3) is 0.154. The third-order valence-electron chi connectivity index (χ3n) is 2.84. The van der Waals surface area contributed by atoms with Gasteiger partial charge >= 0.3 is 5.76 Å². The van der Waals surface area contributed by atoms with Crippen LogP contribution in [0.2, 0.25) is 0 Å². The molecule has 4 N–H and O–H groups in total. The van der Waals surface area contributed by atoms with E-state index in [-0.39, 0.29) is 0 Å². The molecule has 0 aliphatic rings. The highest BCUT2D eigenvalue weighted by Gasteiger charge is 2.07. The van der Waals surface area contributed by atoms with E-state index in [2.05, 4.69) is 29.4 Å². The molecule has 19 heavy (non-hydrogen) atoms. The van der Waals surface area contributed by atoms with Crippen LogP contribution in [0.4, 0.5) is 11.4 Å². The predicted octanol–water partition coefficient (Wildman–Crippen LogP) is 2.69. The van der Waals surface area contributed by atoms with Crippen LogP contribution < -0.4 is 16.8 Å². The summed E-state index contributed by atoms with van der Waals surface area (Å²) in [6, 6.07) is 7.61. The molecule has 0 amide bonds. The Morgan fingerprint density at radius 2 is 2.26 bits per heavy atom. The Labute approximate surface area is 113 Å². The lowest BCUT2D eigenvalue weighted by atomic mass is 10.2. The van der Waals surface area contributed by atoms with Crippen molar-refractivity contribution in [1.82, 2.24) is 4.98 Å². The van der Waals surface area contributed by atoms with E-state index >= 15 is 0 Å². The minimum atomic E-state index is -0.472. The van der Waals surface area contributed by atoms with E-state index in [1.807, 2.05) is 0 Å². The molecule has 3 aromatic rings. The Balaban J connectivity index is 1.87. The summed E-state index contributed by atoms with van der Waals surface area (Å²) in [4.78, 5) is 16.2. The number of anilines is 2. The first-order valence-electron chi connectivity index (χ1n) is 5.83. The van der Waals surface area contributed by atoms with E-state index in [4.69, 9.17) is 10.2 Å². The molecule has 0 radical (unpaired) electrons. The maximum absolute atomic E-state index is 11.1. The van der Waals surface area contributed by atoms with Crippen molar-refractivity contribution in [2.45, 2.75) is 13.5 Å². The number of hydrogen-bond acceptors (Lipinski definition) is 5. The van der Waals surface area contributed by atoms with E-state index in [0.29, 0.717) is 23.3 Å². The summed E-state index contributed by atoms with van der Waals surface area (Å²) in [5.41, 5.74) is 8.39. The van der Waals surface area contributed by atoms with Gasteiger partial charge in [-0.2, -0.15) is 0 Å². The molecule has 0 saturated heterocycles. The minimum absolute atomic E-state index is 0.472. The number of fused-ring (bicyclic) bond motifs is 1. The van der Waals surface area contributed by atoms with E-state index in [9.17, 15) is 4.79 Å². The van der Waals surface area contributed by atoms with Gasteiger partial charge in [0.15, 0.2) is 5.58 Å². The molecule has 0 saturated carbocycles. The summed E-state index contributed by atoms with van der Waals surface area (Å²) in [6.45, 7) is 2.78. The van der Waals surface area contributed by atoms with Gasteiger partial charge in [-0.25, -0.2) is 4.79 Å². The summed E-state index contributed by atoms with van der Waals surface area (Å²) in [7, 11) is 0. The number of nitrogens with one attached hydrogen (secondary N) is 2. The Kier molecular flexibility index (Phi) is 2.79. The van der Waals surface area contributed by atoms with E-state index in [1.165, 1.54) is 9.75 Å². The van der Waals surface area contributed by atoms with Gasteiger partial charge in [-0.1, -0.05) is 0 Å². The van der Waals surface area contributed by atoms with Crippen LogP contribution in [0.15, 0.2) is 33.5 Å². The lowest BCUT2D eigenvalue weighted by molar-refractivity contribution is 0.555. The molecule has 0 spiro atoms. The molecular formula is C13H13N3O2S. The lowest BCUT2D eigenvalue weighted by Gasteiger charge is -2.07. The van der Waals surface area contributed by atoms with E-state index in [1.54, 1.807) is 23.5 Å². The number of hydrogen-bond donors (Lipinski definition) is 3. The number of benzene rings is 1. The number of H-pyrrole nitrogens is 1. The zero-order chi connectivity index (χ0) is 13.4. The lowest BCUT2D eigenvalue weighted by Crippen LogP contribution is -2.01. The molecule has 0 bridgehead atoms. The number of aromatic nitrogens is 1. The van der Waals surface area contributed by atoms with Crippen LogP contribution in [0.3, 0.4) is 0 Å². The van der Waals surface area contributed by atoms with Crippen LogP contribution in [-0.4, -0.2) is 4.98 Å². The highest BCUT2D eigenvalue weighted by atomic mass is 32.1. The second-order valence-corrected chi connectivity index (χ2v) is 5.69. The molecule has 2 heterocycles. The maximum atomic E-state index is 11.1. The molecule has 0 aliphatic carbocycles. The van der Waals surface area contributed by atoms with Gasteiger partial charge in [0.1, 0.15) is 0 Å². The summed E-state index contributed by atoms with van der Waals surface area (Å²) in [5.74, 6) is -0.472. The summed E-state index contributed by atoms with van der Waals surface area (Å²) < 4.78 is 4.95. The molecule has 3 rings (SSSR count). The number of aromatic amines is 1. The molecule has 6 heteroatoms. The van der Waals surface area contributed by atoms with Gasteiger partial charge in [0.05, 0.1) is 16.9 Å². The van der Waals surface area contributed by atoms with Crippen molar-refractivity contribution in [2.75, 3.05) is 11.1 Å². The van der Waals surface area contributed by atoms with Crippen molar-refractivity contribution >= 4 is 33.8 Å². The number of nitrogens with two attached hydrogens (primary N) is 1. The number of nitrogen functional groups attached to an aromatic ring is 1. The van der Waals surface area contributed by atoms with Gasteiger partial charge in [0.2, 0.25) is 0 Å². The van der Waals surface area contributed by atoms with Crippen LogP contribution in [0.5, 0.6) is 0 Å². The van der Waals surface area contributed by atoms with Gasteiger partial charge in [-0.3, -0.25) is 4.98 Å². The van der Waals surface area contributed by atoms with Crippen molar-refractivity contribution in [3.05, 3.63) is 44.6 Å². The van der Waals surface area contributed by atoms with Crippen LogP contribution in [-0.2, 0) is 6.54 Å². The molecule has 2 aromatic heterocycles. The van der Waals surface area contributed by atoms with Crippen molar-refractivity contribution in [3.63, 3.8) is 0 Å². The van der Waals surface area contributed by atoms with E-state index < -0.39 is 5.76 Å². The fourth-order valence-electron chi connectivity index (χ4n) is 1.93. The number of rotatable bonds is 3. The third-order valence-corrected chi connectivity index (χ3v) is 3.84. The second kappa shape index (κ2) is 4.47. The second-order valence-electron chi connectivity index (χ2n) is 4.32. The largest absolute Gasteiger partial charge is 0.417 e. The van der Waals surface area contributed by atoms with Gasteiger partial charge in [-0.05, 0) is 25.1 Å². The van der Waals surface area contributed by atoms with Crippen molar-refractivity contribution in [2.24, 2.45) is 0 Å². The smallest absolute Gasteiger partial charge is 0.408 e. The molecule has 98 valence electrons.